The zero-order valence-corrected chi connectivity index (χ0v) is 65.9. The minimum atomic E-state index is -2.64. The van der Waals surface area contributed by atoms with Gasteiger partial charge in [-0.15, -0.1) is 215 Å². The van der Waals surface area contributed by atoms with Gasteiger partial charge >= 0.3 is 0 Å². The quantitative estimate of drug-likeness (QED) is 0.107. The van der Waals surface area contributed by atoms with Crippen molar-refractivity contribution in [3.8, 4) is 101 Å². The predicted molar refractivity (Wildman–Crippen MR) is 430 cm³/mol. The van der Waals surface area contributed by atoms with Gasteiger partial charge in [0.05, 0.1) is 0 Å². The Morgan fingerprint density at radius 1 is 0.349 bits per heavy atom. The van der Waals surface area contributed by atoms with E-state index in [9.17, 15) is 13.2 Å². The van der Waals surface area contributed by atoms with Gasteiger partial charge in [-0.25, -0.2) is 13.2 Å². The number of hydrogen-bond acceptors (Lipinski definition) is 6. The molecule has 3 radical (unpaired) electrons. The number of pyridine rings is 6. The number of halogens is 3. The molecule has 0 spiro atoms. The topological polar surface area (TPSA) is 77.3 Å². The third kappa shape index (κ3) is 26.8. The summed E-state index contributed by atoms with van der Waals surface area (Å²) in [7, 11) is 0. The van der Waals surface area contributed by atoms with E-state index in [4.69, 9.17) is 24.7 Å². The van der Waals surface area contributed by atoms with E-state index in [-0.39, 0.29) is 101 Å². The molecule has 6 nitrogen and oxygen atoms in total. The van der Waals surface area contributed by atoms with E-state index in [1.165, 1.54) is 76.6 Å². The monoisotopic (exact) mass is 1990 g/mol. The van der Waals surface area contributed by atoms with Crippen LogP contribution in [0.1, 0.15) is 106 Å². The molecule has 0 aliphatic rings. The van der Waals surface area contributed by atoms with Crippen molar-refractivity contribution in [2.75, 3.05) is 0 Å². The van der Waals surface area contributed by atoms with Crippen LogP contribution in [0.2, 0.25) is 0 Å². The van der Waals surface area contributed by atoms with Crippen molar-refractivity contribution in [2.24, 2.45) is 5.89 Å². The van der Waals surface area contributed by atoms with E-state index >= 15 is 0 Å². The summed E-state index contributed by atoms with van der Waals surface area (Å²) in [6.45, 7) is -3.48. The van der Waals surface area contributed by atoms with E-state index in [1.807, 2.05) is 146 Å². The van der Waals surface area contributed by atoms with Crippen LogP contribution in [0.3, 0.4) is 0 Å². The summed E-state index contributed by atoms with van der Waals surface area (Å²) in [4.78, 5) is 25.4. The van der Waals surface area contributed by atoms with Crippen molar-refractivity contribution in [2.45, 2.75) is 81.2 Å². The Morgan fingerprint density at radius 3 is 0.936 bits per heavy atom. The molecule has 0 N–H and O–H groups in total. The number of aromatic nitrogens is 6. The third-order valence-corrected chi connectivity index (χ3v) is 15.4. The van der Waals surface area contributed by atoms with Crippen LogP contribution in [0.5, 0.6) is 0 Å². The first-order chi connectivity index (χ1) is 58.1. The summed E-state index contributed by atoms with van der Waals surface area (Å²) >= 11 is 0. The van der Waals surface area contributed by atoms with Crippen molar-refractivity contribution in [3.63, 3.8) is 0 Å². The molecule has 6 aromatic heterocycles. The van der Waals surface area contributed by atoms with Gasteiger partial charge in [0.25, 0.3) is 0 Å². The Balaban J connectivity index is 0.000000237. The molecule has 109 heavy (non-hydrogen) atoms. The zero-order valence-electron chi connectivity index (χ0n) is 76.8. The second-order valence-electron chi connectivity index (χ2n) is 23.3. The van der Waals surface area contributed by atoms with E-state index < -0.39 is 69.4 Å². The Bertz CT molecular complexity index is 5550. The summed E-state index contributed by atoms with van der Waals surface area (Å²) in [5.74, 6) is -5.41. The SMILES string of the molecule is C.[2H]C(C)(C)C([2H])([2H])c1cc(-c2ccnc(-c3[c-]cccc3)c2)ccc1F.[2H]C([2H])(C)c1cc(-c2ccnc(-c3[c-]cccc3)c2)ccc1F.[2H]C([2H])([2H])C([2H])(C)c1cc(-c2ccnc(-c3[c-]cccc3)c2)ccc1F.[2H]C([2H])([2H])c1ccc(-c2[c-]cccc2)nc1.[2H]C([2H])([2H])c1ccc(-c2[c-]cccc2)nc1.[2H]C([2H])([2H])c1ccc(-c2[c-]cccc2)nc1.[Ir].[Ir].[Ir]. The van der Waals surface area contributed by atoms with Crippen molar-refractivity contribution >= 4 is 0 Å². The molecule has 0 fully saturated rings. The molecule has 9 aromatic carbocycles. The van der Waals surface area contributed by atoms with Gasteiger partial charge < -0.3 is 29.9 Å². The minimum Gasteiger partial charge on any atom is -0.305 e. The molecule has 15 aromatic rings. The normalized spacial score (nSPS) is 13.9. The fourth-order valence-corrected chi connectivity index (χ4v) is 10.2. The van der Waals surface area contributed by atoms with Gasteiger partial charge in [0.15, 0.2) is 0 Å². The first-order valence-electron chi connectivity index (χ1n) is 42.1. The first kappa shape index (κ1) is 63.5. The van der Waals surface area contributed by atoms with Gasteiger partial charge in [-0.2, -0.15) is 0 Å². The maximum Gasteiger partial charge on any atom is 0.126 e. The maximum atomic E-state index is 14.3. The Hall–Kier alpha value is -10.4. The predicted octanol–water partition coefficient (Wildman–Crippen LogP) is 25.1. The largest absolute Gasteiger partial charge is 0.305 e. The molecule has 6 heterocycles. The minimum absolute atomic E-state index is 0. The molecular formula is C97H85F3Ir3N6-6. The number of aryl methyl sites for hydroxylation is 4. The molecule has 1 atom stereocenters. The van der Waals surface area contributed by atoms with Crippen LogP contribution in [-0.2, 0) is 73.1 Å². The van der Waals surface area contributed by atoms with Crippen LogP contribution >= 0.6 is 0 Å². The number of hydrogen-bond donors (Lipinski definition) is 0. The average molecular weight is 1990 g/mol. The number of rotatable bonds is 13. The Kier molecular flexibility index (Phi) is 26.5. The standard InChI is InChI=1S/C21H19FN.C20H17FN.C19H15FN.3C12H10N.CH4.3Ir/c1-15(2)12-19-13-17(8-9-20(19)22)18-10-11-23-21(14-18)16-6-4-3-5-7-16;1-14(2)18-12-16(8-9-19(18)21)17-10-11-22-20(13-17)15-6-4-3-5-7-15;1-2-14-12-16(8-9-18(14)20)17-10-11-21-19(13-17)15-6-4-3-5-7-15;3*1-10-7-8-12(13-9-10)11-5-3-2-4-6-11;;;;/h3-6,8-11,13-15H,12H2,1-2H3;3-6,8-14H,1-2H3;3-6,8-13H,2H2,1H3;3*2-5,7-9H,1H3;1H4;;;/q6*-1;;;;/i12D2,15D;1D3,14D;2D2;3*1D3;;;;. The zero-order chi connectivity index (χ0) is 89.1. The van der Waals surface area contributed by atoms with Crippen LogP contribution in [-0.4, -0.2) is 29.9 Å². The van der Waals surface area contributed by atoms with Crippen LogP contribution in [0, 0.1) is 80.3 Å². The smallest absolute Gasteiger partial charge is 0.126 e. The van der Waals surface area contributed by atoms with E-state index in [2.05, 4.69) is 66.3 Å². The van der Waals surface area contributed by atoms with Crippen molar-refractivity contribution in [1.82, 2.24) is 29.9 Å². The first-order valence-corrected chi connectivity index (χ1v) is 33.1. The van der Waals surface area contributed by atoms with Crippen LogP contribution < -0.4 is 0 Å². The van der Waals surface area contributed by atoms with Crippen LogP contribution in [0.4, 0.5) is 13.2 Å². The summed E-state index contributed by atoms with van der Waals surface area (Å²) in [5, 5.41) is 0. The van der Waals surface area contributed by atoms with E-state index in [0.717, 1.165) is 84.1 Å². The van der Waals surface area contributed by atoms with Crippen molar-refractivity contribution in [1.29, 1.82) is 0 Å². The van der Waals surface area contributed by atoms with Crippen molar-refractivity contribution < 1.29 is 98.2 Å². The molecule has 0 amide bonds. The van der Waals surface area contributed by atoms with E-state index in [0.29, 0.717) is 16.8 Å². The second-order valence-corrected chi connectivity index (χ2v) is 23.3. The fourth-order valence-electron chi connectivity index (χ4n) is 10.2. The second kappa shape index (κ2) is 45.4. The molecule has 1 unspecified atom stereocenters. The van der Waals surface area contributed by atoms with Gasteiger partial charge in [-0.1, -0.05) is 115 Å². The van der Waals surface area contributed by atoms with Gasteiger partial charge in [0, 0.05) is 122 Å². The molecule has 557 valence electrons. The van der Waals surface area contributed by atoms with Crippen LogP contribution in [0.25, 0.3) is 101 Å². The summed E-state index contributed by atoms with van der Waals surface area (Å²) < 4.78 is 178. The Labute approximate surface area is 709 Å². The summed E-state index contributed by atoms with van der Waals surface area (Å²) in [6, 6.07) is 97.2. The Morgan fingerprint density at radius 2 is 0.651 bits per heavy atom. The molecule has 12 heteroatoms. The molecule has 0 bridgehead atoms. The summed E-state index contributed by atoms with van der Waals surface area (Å²) in [6.07, 6.45) is 5.31. The number of benzene rings is 9. The molecule has 0 aliphatic carbocycles. The third-order valence-electron chi connectivity index (χ3n) is 15.4. The van der Waals surface area contributed by atoms with Gasteiger partial charge in [-0.05, 0) is 201 Å². The summed E-state index contributed by atoms with van der Waals surface area (Å²) in [5.41, 5.74) is 14.6. The van der Waals surface area contributed by atoms with Gasteiger partial charge in [0.1, 0.15) is 17.5 Å². The molecule has 0 saturated heterocycles. The van der Waals surface area contributed by atoms with Crippen molar-refractivity contribution in [3.05, 3.63) is 397 Å². The molecule has 0 aliphatic heterocycles. The number of nitrogens with zero attached hydrogens (tertiary/aromatic N) is 6. The molecular weight excluding hydrogens is 1880 g/mol. The molecule has 0 saturated carbocycles. The van der Waals surface area contributed by atoms with Gasteiger partial charge in [-0.3, -0.25) is 0 Å². The van der Waals surface area contributed by atoms with E-state index in [1.54, 1.807) is 116 Å². The fraction of sp³-hybridized carbons (Fsp3) is 0.134. The van der Waals surface area contributed by atoms with Gasteiger partial charge in [0.2, 0.25) is 0 Å². The molecule has 15 rings (SSSR count). The van der Waals surface area contributed by atoms with Crippen LogP contribution in [0.15, 0.2) is 310 Å². The maximum absolute atomic E-state index is 14.3. The average Bonchev–Trinajstić information content (AvgIpc) is 0.778.